The van der Waals surface area contributed by atoms with Crippen molar-refractivity contribution in [3.05, 3.63) is 5.21 Å². The lowest BCUT2D eigenvalue weighted by Gasteiger charge is -2.39. The standard InChI is InChI=1S/C5H13N2O2/c1-3-5(8,4-2)7(6)9/h8H,3-4,6H2,1-2H3/q-1. The molecule has 0 aromatic rings. The highest BCUT2D eigenvalue weighted by molar-refractivity contribution is 4.71. The summed E-state index contributed by atoms with van der Waals surface area (Å²) in [5.41, 5.74) is -1.36. The Morgan fingerprint density at radius 1 is 1.56 bits per heavy atom. The summed E-state index contributed by atoms with van der Waals surface area (Å²) in [7, 11) is 0. The molecule has 3 N–H and O–H groups in total. The Labute approximate surface area is 54.8 Å². The van der Waals surface area contributed by atoms with Gasteiger partial charge in [-0.15, -0.1) is 0 Å². The first-order valence-corrected chi connectivity index (χ1v) is 3.01. The normalized spacial score (nSPS) is 12.7. The zero-order valence-electron chi connectivity index (χ0n) is 5.79. The van der Waals surface area contributed by atoms with Gasteiger partial charge in [0.2, 0.25) is 0 Å². The van der Waals surface area contributed by atoms with Crippen molar-refractivity contribution in [1.82, 2.24) is 5.17 Å². The van der Waals surface area contributed by atoms with Crippen molar-refractivity contribution in [2.75, 3.05) is 0 Å². The van der Waals surface area contributed by atoms with E-state index in [1.54, 1.807) is 13.8 Å². The zero-order chi connectivity index (χ0) is 7.49. The molecule has 4 nitrogen and oxygen atoms in total. The van der Waals surface area contributed by atoms with E-state index < -0.39 is 5.72 Å². The van der Waals surface area contributed by atoms with Crippen molar-refractivity contribution in [2.45, 2.75) is 32.4 Å². The summed E-state index contributed by atoms with van der Waals surface area (Å²) in [5, 5.41) is 19.7. The number of rotatable bonds is 3. The van der Waals surface area contributed by atoms with Gasteiger partial charge in [0.05, 0.1) is 0 Å². The molecule has 0 fully saturated rings. The van der Waals surface area contributed by atoms with Gasteiger partial charge in [-0.1, -0.05) is 13.8 Å². The monoisotopic (exact) mass is 133 g/mol. The minimum absolute atomic E-state index is 0.104. The third kappa shape index (κ3) is 1.91. The zero-order valence-corrected chi connectivity index (χ0v) is 5.79. The molecule has 0 unspecified atom stereocenters. The molecule has 0 saturated heterocycles. The summed E-state index contributed by atoms with van der Waals surface area (Å²) in [6, 6.07) is 0. The van der Waals surface area contributed by atoms with E-state index in [-0.39, 0.29) is 5.17 Å². The van der Waals surface area contributed by atoms with Crippen molar-refractivity contribution >= 4 is 0 Å². The van der Waals surface area contributed by atoms with Crippen molar-refractivity contribution in [2.24, 2.45) is 5.84 Å². The molecule has 0 heterocycles. The molecular weight excluding hydrogens is 120 g/mol. The molecule has 0 radical (unpaired) electrons. The van der Waals surface area contributed by atoms with Crippen LogP contribution in [0.5, 0.6) is 0 Å². The van der Waals surface area contributed by atoms with Crippen LogP contribution in [0.25, 0.3) is 0 Å². The molecule has 0 spiro atoms. The lowest BCUT2D eigenvalue weighted by molar-refractivity contribution is -0.0896. The van der Waals surface area contributed by atoms with Gasteiger partial charge in [-0.3, -0.25) is 11.0 Å². The average Bonchev–Trinajstić information content (AvgIpc) is 1.86. The molecule has 0 bridgehead atoms. The van der Waals surface area contributed by atoms with E-state index in [0.717, 1.165) is 0 Å². The molecule has 0 aliphatic heterocycles. The van der Waals surface area contributed by atoms with Crippen LogP contribution in [0.4, 0.5) is 0 Å². The largest absolute Gasteiger partial charge is 0.770 e. The van der Waals surface area contributed by atoms with Crippen molar-refractivity contribution in [3.63, 3.8) is 0 Å². The second kappa shape index (κ2) is 3.12. The van der Waals surface area contributed by atoms with Crippen LogP contribution in [0.3, 0.4) is 0 Å². The van der Waals surface area contributed by atoms with E-state index >= 15 is 0 Å². The number of hydrazine groups is 1. The Balaban J connectivity index is 3.92. The molecule has 0 saturated carbocycles. The van der Waals surface area contributed by atoms with Crippen molar-refractivity contribution in [1.29, 1.82) is 0 Å². The SMILES string of the molecule is CCC(O)(CC)N(N)[O-]. The Morgan fingerprint density at radius 2 is 1.89 bits per heavy atom. The Bertz CT molecular complexity index is 81.0. The third-order valence-corrected chi connectivity index (χ3v) is 1.54. The molecule has 56 valence electrons. The molecule has 4 heteroatoms. The molecule has 0 atom stereocenters. The number of hydrogen-bond donors (Lipinski definition) is 2. The molecule has 0 rings (SSSR count). The van der Waals surface area contributed by atoms with Gasteiger partial charge >= 0.3 is 0 Å². The van der Waals surface area contributed by atoms with Gasteiger partial charge in [-0.25, -0.2) is 0 Å². The van der Waals surface area contributed by atoms with E-state index in [2.05, 4.69) is 0 Å². The maximum atomic E-state index is 10.4. The maximum Gasteiger partial charge on any atom is 0.118 e. The van der Waals surface area contributed by atoms with Crippen LogP contribution >= 0.6 is 0 Å². The number of nitrogens with two attached hydrogens (primary N) is 1. The molecule has 9 heavy (non-hydrogen) atoms. The lowest BCUT2D eigenvalue weighted by Crippen LogP contribution is -2.48. The van der Waals surface area contributed by atoms with Crippen LogP contribution in [-0.4, -0.2) is 16.0 Å². The summed E-state index contributed by atoms with van der Waals surface area (Å²) in [5.74, 6) is 4.82. The first-order chi connectivity index (χ1) is 4.06. The minimum atomic E-state index is -1.36. The van der Waals surface area contributed by atoms with Crippen LogP contribution in [0.2, 0.25) is 0 Å². The second-order valence-electron chi connectivity index (χ2n) is 2.02. The summed E-state index contributed by atoms with van der Waals surface area (Å²) < 4.78 is 0. The number of hydrogen-bond acceptors (Lipinski definition) is 4. The average molecular weight is 133 g/mol. The topological polar surface area (TPSA) is 72.5 Å². The maximum absolute atomic E-state index is 10.4. The van der Waals surface area contributed by atoms with E-state index in [1.165, 1.54) is 0 Å². The fourth-order valence-corrected chi connectivity index (χ4v) is 0.562. The van der Waals surface area contributed by atoms with E-state index in [9.17, 15) is 10.3 Å². The van der Waals surface area contributed by atoms with E-state index in [1.807, 2.05) is 0 Å². The number of hydroxylamine groups is 1. The van der Waals surface area contributed by atoms with Gasteiger partial charge in [-0.05, 0) is 12.8 Å². The van der Waals surface area contributed by atoms with Crippen LogP contribution in [0.1, 0.15) is 26.7 Å². The quantitative estimate of drug-likeness (QED) is 0.327. The highest BCUT2D eigenvalue weighted by Gasteiger charge is 2.21. The first-order valence-electron chi connectivity index (χ1n) is 3.01. The van der Waals surface area contributed by atoms with Crippen LogP contribution in [0.15, 0.2) is 0 Å². The summed E-state index contributed by atoms with van der Waals surface area (Å²) in [6.45, 7) is 3.42. The predicted octanol–water partition coefficient (Wildman–Crippen LogP) is 0.169. The predicted molar refractivity (Wildman–Crippen MR) is 34.9 cm³/mol. The molecule has 0 aromatic heterocycles. The van der Waals surface area contributed by atoms with Gasteiger partial charge in [0, 0.05) is 0 Å². The molecule has 0 amide bonds. The van der Waals surface area contributed by atoms with Gasteiger partial charge < -0.3 is 10.3 Å². The first kappa shape index (κ1) is 8.84. The minimum Gasteiger partial charge on any atom is -0.770 e. The molecule has 0 aromatic carbocycles. The van der Waals surface area contributed by atoms with Crippen LogP contribution in [-0.2, 0) is 0 Å². The highest BCUT2D eigenvalue weighted by Crippen LogP contribution is 2.15. The van der Waals surface area contributed by atoms with Crippen molar-refractivity contribution < 1.29 is 5.11 Å². The smallest absolute Gasteiger partial charge is 0.118 e. The molecule has 0 aliphatic rings. The Kier molecular flexibility index (Phi) is 3.07. The number of nitrogens with zero attached hydrogens (tertiary/aromatic N) is 1. The van der Waals surface area contributed by atoms with Gasteiger partial charge in [-0.2, -0.15) is 0 Å². The fraction of sp³-hybridized carbons (Fsp3) is 1.00. The van der Waals surface area contributed by atoms with Gasteiger partial charge in [0.25, 0.3) is 0 Å². The fourth-order valence-electron chi connectivity index (χ4n) is 0.562. The second-order valence-corrected chi connectivity index (χ2v) is 2.02. The van der Waals surface area contributed by atoms with Crippen molar-refractivity contribution in [3.8, 4) is 0 Å². The Hall–Kier alpha value is -0.160. The molecular formula is C5H13N2O2-. The lowest BCUT2D eigenvalue weighted by atomic mass is 10.1. The van der Waals surface area contributed by atoms with Gasteiger partial charge in [0.15, 0.2) is 0 Å². The number of aliphatic hydroxyl groups is 1. The highest BCUT2D eigenvalue weighted by atomic mass is 16.6. The molecule has 0 aliphatic carbocycles. The van der Waals surface area contributed by atoms with E-state index in [0.29, 0.717) is 12.8 Å². The van der Waals surface area contributed by atoms with Crippen LogP contribution < -0.4 is 5.84 Å². The Morgan fingerprint density at radius 3 is 1.89 bits per heavy atom. The van der Waals surface area contributed by atoms with Gasteiger partial charge in [0.1, 0.15) is 5.72 Å². The van der Waals surface area contributed by atoms with E-state index in [4.69, 9.17) is 5.84 Å². The summed E-state index contributed by atoms with van der Waals surface area (Å²) in [6.07, 6.45) is 0.701. The summed E-state index contributed by atoms with van der Waals surface area (Å²) >= 11 is 0. The third-order valence-electron chi connectivity index (χ3n) is 1.54. The summed E-state index contributed by atoms with van der Waals surface area (Å²) in [4.78, 5) is 0. The van der Waals surface area contributed by atoms with Crippen LogP contribution in [0, 0.1) is 5.21 Å².